The van der Waals surface area contributed by atoms with E-state index in [1.165, 1.54) is 0 Å². The SMILES string of the molecule is CC(C)=C=C[C@@]1(F)[C@H](O)[C@@H](CO)O[C@H]1n1ccc(=O)[nH]c1=O. The average Bonchev–Trinajstić information content (AvgIpc) is 2.70. The monoisotopic (exact) mass is 312 g/mol. The molecule has 1 fully saturated rings. The third-order valence-corrected chi connectivity index (χ3v) is 3.35. The van der Waals surface area contributed by atoms with Crippen molar-refractivity contribution in [2.45, 2.75) is 38.0 Å². The van der Waals surface area contributed by atoms with E-state index in [2.05, 4.69) is 5.73 Å². The molecule has 0 amide bonds. The Labute approximate surface area is 125 Å². The molecule has 2 heterocycles. The minimum Gasteiger partial charge on any atom is -0.394 e. The number of alkyl halides is 1. The molecule has 1 aromatic rings. The summed E-state index contributed by atoms with van der Waals surface area (Å²) in [5, 5.41) is 19.3. The molecule has 2 rings (SSSR count). The minimum absolute atomic E-state index is 0.621. The Morgan fingerprint density at radius 2 is 2.27 bits per heavy atom. The zero-order chi connectivity index (χ0) is 16.5. The second kappa shape index (κ2) is 6.02. The van der Waals surface area contributed by atoms with Crippen LogP contribution in [-0.2, 0) is 4.74 Å². The summed E-state index contributed by atoms with van der Waals surface area (Å²) in [5.74, 6) is 0. The fourth-order valence-electron chi connectivity index (χ4n) is 2.22. The summed E-state index contributed by atoms with van der Waals surface area (Å²) < 4.78 is 21.4. The highest BCUT2D eigenvalue weighted by Crippen LogP contribution is 2.41. The van der Waals surface area contributed by atoms with Gasteiger partial charge in [-0.3, -0.25) is 14.3 Å². The highest BCUT2D eigenvalue weighted by atomic mass is 19.1. The van der Waals surface area contributed by atoms with E-state index in [4.69, 9.17) is 4.74 Å². The molecule has 7 nitrogen and oxygen atoms in total. The molecule has 0 unspecified atom stereocenters. The summed E-state index contributed by atoms with van der Waals surface area (Å²) in [4.78, 5) is 24.9. The molecule has 1 aliphatic heterocycles. The van der Waals surface area contributed by atoms with Crippen LogP contribution in [0.15, 0.2) is 39.2 Å². The predicted molar refractivity (Wildman–Crippen MR) is 75.1 cm³/mol. The molecule has 1 saturated heterocycles. The number of aliphatic hydroxyl groups excluding tert-OH is 2. The van der Waals surface area contributed by atoms with Crippen molar-refractivity contribution < 1.29 is 19.3 Å². The lowest BCUT2D eigenvalue weighted by atomic mass is 9.95. The Bertz CT molecular complexity index is 729. The summed E-state index contributed by atoms with van der Waals surface area (Å²) in [6.45, 7) is 2.75. The van der Waals surface area contributed by atoms with Crippen molar-refractivity contribution in [1.29, 1.82) is 0 Å². The third kappa shape index (κ3) is 2.82. The van der Waals surface area contributed by atoms with E-state index in [1.807, 2.05) is 4.98 Å². The molecule has 3 N–H and O–H groups in total. The predicted octanol–water partition coefficient (Wildman–Crippen LogP) is -0.383. The molecule has 0 radical (unpaired) electrons. The van der Waals surface area contributed by atoms with Gasteiger partial charge in [-0.05, 0) is 19.4 Å². The van der Waals surface area contributed by atoms with Crippen LogP contribution in [0.2, 0.25) is 0 Å². The summed E-state index contributed by atoms with van der Waals surface area (Å²) in [5.41, 5.74) is -0.697. The van der Waals surface area contributed by atoms with Gasteiger partial charge in [-0.2, -0.15) is 0 Å². The van der Waals surface area contributed by atoms with Crippen molar-refractivity contribution in [3.05, 3.63) is 50.5 Å². The summed E-state index contributed by atoms with van der Waals surface area (Å²) >= 11 is 0. The van der Waals surface area contributed by atoms with Gasteiger partial charge < -0.3 is 14.9 Å². The number of ether oxygens (including phenoxy) is 1. The lowest BCUT2D eigenvalue weighted by molar-refractivity contribution is -0.0555. The Morgan fingerprint density at radius 3 is 2.82 bits per heavy atom. The number of nitrogens with one attached hydrogen (secondary N) is 1. The molecule has 1 aliphatic rings. The maximum absolute atomic E-state index is 15.3. The fraction of sp³-hybridized carbons (Fsp3) is 0.500. The summed E-state index contributed by atoms with van der Waals surface area (Å²) in [7, 11) is 0. The molecule has 0 aromatic carbocycles. The molecular weight excluding hydrogens is 295 g/mol. The van der Waals surface area contributed by atoms with E-state index < -0.39 is 42.0 Å². The first kappa shape index (κ1) is 16.4. The maximum Gasteiger partial charge on any atom is 0.330 e. The number of H-pyrrole nitrogens is 1. The van der Waals surface area contributed by atoms with Crippen LogP contribution in [0, 0.1) is 0 Å². The molecule has 0 spiro atoms. The van der Waals surface area contributed by atoms with Gasteiger partial charge in [-0.15, -0.1) is 5.73 Å². The van der Waals surface area contributed by atoms with Gasteiger partial charge in [-0.1, -0.05) is 0 Å². The number of hydrogen-bond acceptors (Lipinski definition) is 5. The van der Waals surface area contributed by atoms with E-state index >= 15 is 4.39 Å². The molecule has 8 heteroatoms. The Balaban J connectivity index is 2.58. The first-order valence-corrected chi connectivity index (χ1v) is 6.65. The van der Waals surface area contributed by atoms with Crippen molar-refractivity contribution in [3.8, 4) is 0 Å². The normalized spacial score (nSPS) is 30.9. The molecule has 0 saturated carbocycles. The first-order valence-electron chi connectivity index (χ1n) is 6.65. The maximum atomic E-state index is 15.3. The van der Waals surface area contributed by atoms with Crippen LogP contribution in [-0.4, -0.2) is 44.2 Å². The first-order chi connectivity index (χ1) is 10.3. The molecule has 4 atom stereocenters. The lowest BCUT2D eigenvalue weighted by Gasteiger charge is -2.25. The van der Waals surface area contributed by atoms with E-state index in [9.17, 15) is 19.8 Å². The largest absolute Gasteiger partial charge is 0.394 e. The van der Waals surface area contributed by atoms with Gasteiger partial charge in [0.05, 0.1) is 6.61 Å². The minimum atomic E-state index is -2.48. The molecule has 0 aliphatic carbocycles. The molecular formula is C14H17FN2O5. The van der Waals surface area contributed by atoms with Crippen LogP contribution in [0.4, 0.5) is 4.39 Å². The van der Waals surface area contributed by atoms with E-state index in [0.717, 1.165) is 22.9 Å². The third-order valence-electron chi connectivity index (χ3n) is 3.35. The van der Waals surface area contributed by atoms with Gasteiger partial charge in [0, 0.05) is 18.3 Å². The molecule has 120 valence electrons. The Hall–Kier alpha value is -1.99. The Kier molecular flexibility index (Phi) is 4.48. The van der Waals surface area contributed by atoms with Crippen molar-refractivity contribution in [3.63, 3.8) is 0 Å². The van der Waals surface area contributed by atoms with Gasteiger partial charge in [0.25, 0.3) is 5.56 Å². The average molecular weight is 312 g/mol. The number of aromatic nitrogens is 2. The van der Waals surface area contributed by atoms with Crippen LogP contribution in [0.1, 0.15) is 20.1 Å². The summed E-state index contributed by atoms with van der Waals surface area (Å²) in [6.07, 6.45) is -2.37. The number of aliphatic hydroxyl groups is 2. The highest BCUT2D eigenvalue weighted by Gasteiger charge is 2.57. The van der Waals surface area contributed by atoms with Crippen LogP contribution < -0.4 is 11.2 Å². The Morgan fingerprint density at radius 1 is 1.59 bits per heavy atom. The van der Waals surface area contributed by atoms with Crippen molar-refractivity contribution in [2.24, 2.45) is 0 Å². The second-order valence-electron chi connectivity index (χ2n) is 5.29. The van der Waals surface area contributed by atoms with Gasteiger partial charge in [0.2, 0.25) is 5.67 Å². The molecule has 0 bridgehead atoms. The second-order valence-corrected chi connectivity index (χ2v) is 5.29. The zero-order valence-corrected chi connectivity index (χ0v) is 12.1. The molecule has 1 aromatic heterocycles. The van der Waals surface area contributed by atoms with Gasteiger partial charge in [-0.25, -0.2) is 9.18 Å². The standard InChI is InChI=1S/C14H17FN2O5/c1-8(2)3-5-14(15)11(20)9(7-18)22-12(14)17-6-4-10(19)16-13(17)21/h4-6,9,11-12,18,20H,7H2,1-2H3,(H,16,19,21)/t9-,11-,12-,14-/m1/s1. The van der Waals surface area contributed by atoms with E-state index in [1.54, 1.807) is 13.8 Å². The number of halogens is 1. The number of hydrogen-bond donors (Lipinski definition) is 3. The van der Waals surface area contributed by atoms with Crippen molar-refractivity contribution >= 4 is 0 Å². The zero-order valence-electron chi connectivity index (χ0n) is 12.1. The quantitative estimate of drug-likeness (QED) is 0.660. The van der Waals surface area contributed by atoms with E-state index in [0.29, 0.717) is 5.57 Å². The van der Waals surface area contributed by atoms with E-state index in [-0.39, 0.29) is 0 Å². The van der Waals surface area contributed by atoms with Gasteiger partial charge in [0.1, 0.15) is 12.2 Å². The number of nitrogens with zero attached hydrogens (tertiary/aromatic N) is 1. The van der Waals surface area contributed by atoms with Crippen LogP contribution in [0.25, 0.3) is 0 Å². The highest BCUT2D eigenvalue weighted by molar-refractivity contribution is 5.16. The van der Waals surface area contributed by atoms with Crippen LogP contribution in [0.3, 0.4) is 0 Å². The fourth-order valence-corrected chi connectivity index (χ4v) is 2.22. The molecule has 22 heavy (non-hydrogen) atoms. The van der Waals surface area contributed by atoms with Crippen LogP contribution in [0.5, 0.6) is 0 Å². The number of rotatable bonds is 3. The summed E-state index contributed by atoms with van der Waals surface area (Å²) in [6, 6.07) is 1.04. The lowest BCUT2D eigenvalue weighted by Crippen LogP contribution is -2.44. The number of aromatic amines is 1. The topological polar surface area (TPSA) is 105 Å². The van der Waals surface area contributed by atoms with Crippen LogP contribution >= 0.6 is 0 Å². The van der Waals surface area contributed by atoms with Gasteiger partial charge >= 0.3 is 5.69 Å². The van der Waals surface area contributed by atoms with Gasteiger partial charge in [0.15, 0.2) is 6.23 Å². The van der Waals surface area contributed by atoms with Crippen molar-refractivity contribution in [1.82, 2.24) is 9.55 Å². The van der Waals surface area contributed by atoms with Crippen molar-refractivity contribution in [2.75, 3.05) is 6.61 Å². The smallest absolute Gasteiger partial charge is 0.330 e.